The highest BCUT2D eigenvalue weighted by atomic mass is 35.5. The first-order chi connectivity index (χ1) is 8.40. The van der Waals surface area contributed by atoms with E-state index in [0.29, 0.717) is 6.54 Å². The molecule has 1 amide bonds. The van der Waals surface area contributed by atoms with E-state index in [4.69, 9.17) is 0 Å². The highest BCUT2D eigenvalue weighted by Gasteiger charge is 2.45. The fourth-order valence-electron chi connectivity index (χ4n) is 2.58. The number of nitrogens with one attached hydrogen (secondary N) is 2. The van der Waals surface area contributed by atoms with Gasteiger partial charge in [0, 0.05) is 18.2 Å². The Morgan fingerprint density at radius 2 is 2.05 bits per heavy atom. The van der Waals surface area contributed by atoms with Gasteiger partial charge in [-0.15, -0.1) is 12.4 Å². The summed E-state index contributed by atoms with van der Waals surface area (Å²) in [5.41, 5.74) is -0.183. The van der Waals surface area contributed by atoms with Crippen LogP contribution in [0.1, 0.15) is 32.1 Å². The van der Waals surface area contributed by atoms with Crippen molar-refractivity contribution in [1.29, 1.82) is 0 Å². The van der Waals surface area contributed by atoms with E-state index >= 15 is 0 Å². The van der Waals surface area contributed by atoms with Crippen LogP contribution in [-0.4, -0.2) is 45.5 Å². The number of sulfone groups is 1. The van der Waals surface area contributed by atoms with Crippen molar-refractivity contribution in [2.45, 2.75) is 38.1 Å². The van der Waals surface area contributed by atoms with Crippen molar-refractivity contribution in [3.63, 3.8) is 0 Å². The van der Waals surface area contributed by atoms with Gasteiger partial charge in [0.1, 0.15) is 9.84 Å². The van der Waals surface area contributed by atoms with Crippen LogP contribution in [0.2, 0.25) is 0 Å². The predicted octanol–water partition coefficient (Wildman–Crippen LogP) is 0.491. The zero-order valence-electron chi connectivity index (χ0n) is 11.3. The average molecular weight is 311 g/mol. The second kappa shape index (κ2) is 6.41. The molecular weight excluding hydrogens is 288 g/mol. The van der Waals surface area contributed by atoms with Gasteiger partial charge in [-0.05, 0) is 32.2 Å². The number of amides is 1. The average Bonchev–Trinajstić information content (AvgIpc) is 3.05. The first-order valence-electron chi connectivity index (χ1n) is 6.59. The Morgan fingerprint density at radius 1 is 1.37 bits per heavy atom. The van der Waals surface area contributed by atoms with Gasteiger partial charge in [-0.3, -0.25) is 4.79 Å². The molecule has 7 heteroatoms. The van der Waals surface area contributed by atoms with Crippen molar-refractivity contribution in [2.24, 2.45) is 5.41 Å². The van der Waals surface area contributed by atoms with E-state index in [-0.39, 0.29) is 35.5 Å². The van der Waals surface area contributed by atoms with E-state index < -0.39 is 9.84 Å². The molecule has 112 valence electrons. The molecule has 2 rings (SSSR count). The molecule has 5 nitrogen and oxygen atoms in total. The maximum Gasteiger partial charge on any atom is 0.237 e. The molecule has 1 aliphatic heterocycles. The number of rotatable bonds is 5. The van der Waals surface area contributed by atoms with E-state index in [1.807, 2.05) is 0 Å². The molecule has 1 saturated heterocycles. The second-order valence-electron chi connectivity index (χ2n) is 5.79. The van der Waals surface area contributed by atoms with Gasteiger partial charge in [-0.2, -0.15) is 0 Å². The highest BCUT2D eigenvalue weighted by Crippen LogP contribution is 2.46. The van der Waals surface area contributed by atoms with Gasteiger partial charge >= 0.3 is 0 Å². The molecule has 0 aromatic rings. The predicted molar refractivity (Wildman–Crippen MR) is 77.3 cm³/mol. The van der Waals surface area contributed by atoms with Gasteiger partial charge < -0.3 is 10.6 Å². The maximum atomic E-state index is 11.9. The lowest BCUT2D eigenvalue weighted by molar-refractivity contribution is -0.123. The van der Waals surface area contributed by atoms with Crippen molar-refractivity contribution in [2.75, 3.05) is 25.1 Å². The smallest absolute Gasteiger partial charge is 0.237 e. The summed E-state index contributed by atoms with van der Waals surface area (Å²) >= 11 is 0. The van der Waals surface area contributed by atoms with Crippen molar-refractivity contribution in [3.05, 3.63) is 0 Å². The Balaban J connectivity index is 0.00000180. The summed E-state index contributed by atoms with van der Waals surface area (Å²) in [4.78, 5) is 11.9. The molecule has 1 saturated carbocycles. The first kappa shape index (κ1) is 16.7. The topological polar surface area (TPSA) is 75.3 Å². The molecule has 2 N–H and O–H groups in total. The van der Waals surface area contributed by atoms with Crippen LogP contribution in [0, 0.1) is 5.41 Å². The Bertz CT molecular complexity index is 415. The van der Waals surface area contributed by atoms with Crippen molar-refractivity contribution in [3.8, 4) is 0 Å². The molecule has 0 spiro atoms. The number of halogens is 1. The summed E-state index contributed by atoms with van der Waals surface area (Å²) in [6, 6.07) is -0.0900. The Morgan fingerprint density at radius 3 is 2.53 bits per heavy atom. The van der Waals surface area contributed by atoms with Crippen LogP contribution in [-0.2, 0) is 14.6 Å². The van der Waals surface area contributed by atoms with Crippen LogP contribution in [0.4, 0.5) is 0 Å². The van der Waals surface area contributed by atoms with Crippen LogP contribution < -0.4 is 10.6 Å². The molecule has 1 heterocycles. The molecule has 19 heavy (non-hydrogen) atoms. The summed E-state index contributed by atoms with van der Waals surface area (Å²) in [5.74, 6) is 0.215. The number of carbonyl (C=O) groups excluding carboxylic acids is 1. The number of hydrogen-bond donors (Lipinski definition) is 2. The molecule has 1 aliphatic carbocycles. The summed E-state index contributed by atoms with van der Waals surface area (Å²) < 4.78 is 22.6. The Labute approximate surface area is 121 Å². The summed E-state index contributed by atoms with van der Waals surface area (Å²) in [5, 5.41) is 6.11. The molecule has 2 fully saturated rings. The zero-order valence-corrected chi connectivity index (χ0v) is 12.9. The third kappa shape index (κ3) is 5.28. The van der Waals surface area contributed by atoms with E-state index in [9.17, 15) is 13.2 Å². The molecule has 0 aromatic heterocycles. The normalized spacial score (nSPS) is 25.2. The second-order valence-corrected chi connectivity index (χ2v) is 7.93. The molecule has 0 bridgehead atoms. The number of carbonyl (C=O) groups is 1. The summed E-state index contributed by atoms with van der Waals surface area (Å²) in [6.07, 6.45) is 6.15. The largest absolute Gasteiger partial charge is 0.354 e. The third-order valence-electron chi connectivity index (χ3n) is 3.79. The third-order valence-corrected chi connectivity index (χ3v) is 4.93. The number of piperidine rings is 1. The first-order valence-corrected chi connectivity index (χ1v) is 8.65. The monoisotopic (exact) mass is 310 g/mol. The molecule has 1 atom stereocenters. The minimum Gasteiger partial charge on any atom is -0.354 e. The van der Waals surface area contributed by atoms with Crippen molar-refractivity contribution < 1.29 is 13.2 Å². The molecule has 1 unspecified atom stereocenters. The van der Waals surface area contributed by atoms with Gasteiger partial charge in [0.2, 0.25) is 5.91 Å². The van der Waals surface area contributed by atoms with Gasteiger partial charge in [0.25, 0.3) is 0 Å². The van der Waals surface area contributed by atoms with Gasteiger partial charge in [0.05, 0.1) is 11.8 Å². The maximum absolute atomic E-state index is 11.9. The zero-order chi connectivity index (χ0) is 13.2. The lowest BCUT2D eigenvalue weighted by Crippen LogP contribution is -2.48. The van der Waals surface area contributed by atoms with Crippen molar-refractivity contribution >= 4 is 28.2 Å². The van der Waals surface area contributed by atoms with Gasteiger partial charge in [0.15, 0.2) is 0 Å². The SMILES string of the molecule is CS(=O)(=O)CC1(CNC(=O)C2CCCCN2)CC1.Cl. The van der Waals surface area contributed by atoms with Crippen LogP contribution in [0.25, 0.3) is 0 Å². The van der Waals surface area contributed by atoms with Crippen molar-refractivity contribution in [1.82, 2.24) is 10.6 Å². The van der Waals surface area contributed by atoms with Crippen LogP contribution in [0.5, 0.6) is 0 Å². The quantitative estimate of drug-likeness (QED) is 0.775. The van der Waals surface area contributed by atoms with Crippen LogP contribution in [0.15, 0.2) is 0 Å². The minimum atomic E-state index is -2.96. The molecule has 2 aliphatic rings. The van der Waals surface area contributed by atoms with E-state index in [1.54, 1.807) is 0 Å². The fourth-order valence-corrected chi connectivity index (χ4v) is 4.08. The van der Waals surface area contributed by atoms with E-state index in [1.165, 1.54) is 6.26 Å². The van der Waals surface area contributed by atoms with Crippen LogP contribution >= 0.6 is 12.4 Å². The van der Waals surface area contributed by atoms with Crippen LogP contribution in [0.3, 0.4) is 0 Å². The molecule has 0 radical (unpaired) electrons. The Hall–Kier alpha value is -0.330. The molecule has 0 aromatic carbocycles. The Kier molecular flexibility index (Phi) is 5.65. The highest BCUT2D eigenvalue weighted by molar-refractivity contribution is 7.90. The van der Waals surface area contributed by atoms with E-state index in [0.717, 1.165) is 38.6 Å². The van der Waals surface area contributed by atoms with E-state index in [2.05, 4.69) is 10.6 Å². The van der Waals surface area contributed by atoms with Gasteiger partial charge in [-0.25, -0.2) is 8.42 Å². The van der Waals surface area contributed by atoms with Gasteiger partial charge in [-0.1, -0.05) is 6.42 Å². The lowest BCUT2D eigenvalue weighted by atomic mass is 10.0. The molecular formula is C12H23ClN2O3S. The summed E-state index contributed by atoms with van der Waals surface area (Å²) in [7, 11) is -2.96. The summed E-state index contributed by atoms with van der Waals surface area (Å²) in [6.45, 7) is 1.39. The minimum absolute atomic E-state index is 0. The number of hydrogen-bond acceptors (Lipinski definition) is 4. The standard InChI is InChI=1S/C12H22N2O3S.ClH/c1-18(16,17)9-12(5-6-12)8-14-11(15)10-4-2-3-7-13-10;/h10,13H,2-9H2,1H3,(H,14,15);1H. The lowest BCUT2D eigenvalue weighted by Gasteiger charge is -2.24. The fraction of sp³-hybridized carbons (Fsp3) is 0.917.